The highest BCUT2D eigenvalue weighted by atomic mass is 35.5. The van der Waals surface area contributed by atoms with Crippen molar-refractivity contribution < 1.29 is 19.1 Å². The molecule has 2 aromatic carbocycles. The summed E-state index contributed by atoms with van der Waals surface area (Å²) in [5.41, 5.74) is 1.67. The molecule has 0 aromatic heterocycles. The van der Waals surface area contributed by atoms with Gasteiger partial charge in [-0.15, -0.1) is 0 Å². The van der Waals surface area contributed by atoms with E-state index in [9.17, 15) is 14.4 Å². The number of urea groups is 1. The molecule has 1 saturated heterocycles. The van der Waals surface area contributed by atoms with E-state index < -0.39 is 17.9 Å². The van der Waals surface area contributed by atoms with Crippen LogP contribution >= 0.6 is 11.6 Å². The van der Waals surface area contributed by atoms with Gasteiger partial charge in [0.05, 0.1) is 13.0 Å². The predicted molar refractivity (Wildman–Crippen MR) is 113 cm³/mol. The minimum atomic E-state index is -0.613. The third kappa shape index (κ3) is 5.10. The first-order chi connectivity index (χ1) is 14.4. The molecule has 1 N–H and O–H groups in total. The summed E-state index contributed by atoms with van der Waals surface area (Å²) in [5.74, 6) is -0.787. The number of nitrogens with one attached hydrogen (secondary N) is 1. The Kier molecular flexibility index (Phi) is 6.95. The van der Waals surface area contributed by atoms with Gasteiger partial charge < -0.3 is 15.0 Å². The third-order valence-electron chi connectivity index (χ3n) is 4.99. The van der Waals surface area contributed by atoms with Crippen molar-refractivity contribution >= 4 is 29.4 Å². The SMILES string of the molecule is COc1ccc(Cl)cc1CC1CNC(=O)CN(C(=O)N(C)Cc2ccccc2)C1=O. The molecule has 0 spiro atoms. The zero-order valence-corrected chi connectivity index (χ0v) is 17.7. The molecule has 4 amide bonds. The number of carbonyl (C=O) groups is 3. The Morgan fingerprint density at radius 1 is 1.23 bits per heavy atom. The van der Waals surface area contributed by atoms with E-state index >= 15 is 0 Å². The summed E-state index contributed by atoms with van der Waals surface area (Å²) in [6.45, 7) is 0.164. The van der Waals surface area contributed by atoms with E-state index in [2.05, 4.69) is 5.32 Å². The maximum absolute atomic E-state index is 13.2. The normalized spacial score (nSPS) is 16.6. The van der Waals surface area contributed by atoms with Gasteiger partial charge in [0.2, 0.25) is 11.8 Å². The number of imide groups is 1. The molecule has 0 radical (unpaired) electrons. The quantitative estimate of drug-likeness (QED) is 0.792. The Balaban J connectivity index is 1.79. The van der Waals surface area contributed by atoms with Crippen LogP contribution in [0.5, 0.6) is 5.75 Å². The second-order valence-electron chi connectivity index (χ2n) is 7.21. The monoisotopic (exact) mass is 429 g/mol. The minimum absolute atomic E-state index is 0.138. The molecular weight excluding hydrogens is 406 g/mol. The second-order valence-corrected chi connectivity index (χ2v) is 7.65. The summed E-state index contributed by atoms with van der Waals surface area (Å²) in [5, 5.41) is 3.24. The fraction of sp³-hybridized carbons (Fsp3) is 0.318. The fourth-order valence-corrected chi connectivity index (χ4v) is 3.64. The number of carbonyl (C=O) groups excluding carboxylic acids is 3. The van der Waals surface area contributed by atoms with Gasteiger partial charge in [0.1, 0.15) is 12.3 Å². The Labute approximate surface area is 180 Å². The van der Waals surface area contributed by atoms with Gasteiger partial charge in [-0.3, -0.25) is 14.5 Å². The van der Waals surface area contributed by atoms with E-state index in [1.165, 1.54) is 12.0 Å². The van der Waals surface area contributed by atoms with Gasteiger partial charge in [0.15, 0.2) is 0 Å². The van der Waals surface area contributed by atoms with E-state index in [1.807, 2.05) is 30.3 Å². The number of nitrogens with zero attached hydrogens (tertiary/aromatic N) is 2. The van der Waals surface area contributed by atoms with Crippen molar-refractivity contribution in [3.8, 4) is 5.75 Å². The maximum atomic E-state index is 13.2. The van der Waals surface area contributed by atoms with Crippen LogP contribution in [0, 0.1) is 5.92 Å². The van der Waals surface area contributed by atoms with E-state index in [-0.39, 0.29) is 25.4 Å². The first-order valence-electron chi connectivity index (χ1n) is 9.58. The number of amides is 4. The lowest BCUT2D eigenvalue weighted by Crippen LogP contribution is -2.48. The molecule has 0 aliphatic carbocycles. The summed E-state index contributed by atoms with van der Waals surface area (Å²) in [7, 11) is 3.15. The highest BCUT2D eigenvalue weighted by Crippen LogP contribution is 2.26. The zero-order chi connectivity index (χ0) is 21.7. The van der Waals surface area contributed by atoms with Gasteiger partial charge in [-0.1, -0.05) is 41.9 Å². The van der Waals surface area contributed by atoms with Crippen LogP contribution in [0.15, 0.2) is 48.5 Å². The molecule has 30 heavy (non-hydrogen) atoms. The summed E-state index contributed by atoms with van der Waals surface area (Å²) in [6.07, 6.45) is 0.287. The maximum Gasteiger partial charge on any atom is 0.327 e. The minimum Gasteiger partial charge on any atom is -0.496 e. The molecule has 1 aliphatic heterocycles. The van der Waals surface area contributed by atoms with Crippen LogP contribution in [0.2, 0.25) is 5.02 Å². The lowest BCUT2D eigenvalue weighted by atomic mass is 9.97. The van der Waals surface area contributed by atoms with E-state index in [1.54, 1.807) is 25.2 Å². The number of methoxy groups -OCH3 is 1. The number of ether oxygens (including phenoxy) is 1. The van der Waals surface area contributed by atoms with Crippen LogP contribution in [-0.2, 0) is 22.6 Å². The van der Waals surface area contributed by atoms with Crippen LogP contribution in [0.4, 0.5) is 4.79 Å². The van der Waals surface area contributed by atoms with Gasteiger partial charge in [-0.2, -0.15) is 0 Å². The number of benzene rings is 2. The summed E-state index contributed by atoms with van der Waals surface area (Å²) in [4.78, 5) is 40.8. The number of rotatable bonds is 5. The lowest BCUT2D eigenvalue weighted by molar-refractivity contribution is -0.134. The molecule has 1 atom stereocenters. The van der Waals surface area contributed by atoms with Crippen LogP contribution in [0.3, 0.4) is 0 Å². The molecule has 158 valence electrons. The molecule has 1 unspecified atom stereocenters. The van der Waals surface area contributed by atoms with Crippen molar-refractivity contribution in [2.24, 2.45) is 5.92 Å². The molecule has 7 nitrogen and oxygen atoms in total. The molecule has 0 saturated carbocycles. The average molecular weight is 430 g/mol. The van der Waals surface area contributed by atoms with Crippen molar-refractivity contribution in [2.75, 3.05) is 27.2 Å². The van der Waals surface area contributed by atoms with Gasteiger partial charge in [0, 0.05) is 25.2 Å². The molecule has 1 fully saturated rings. The van der Waals surface area contributed by atoms with Crippen molar-refractivity contribution in [1.82, 2.24) is 15.1 Å². The van der Waals surface area contributed by atoms with E-state index in [0.717, 1.165) is 16.0 Å². The molecule has 2 aromatic rings. The predicted octanol–water partition coefficient (Wildman–Crippen LogP) is 2.72. The van der Waals surface area contributed by atoms with Gasteiger partial charge >= 0.3 is 6.03 Å². The smallest absolute Gasteiger partial charge is 0.327 e. The van der Waals surface area contributed by atoms with Crippen LogP contribution in [0.1, 0.15) is 11.1 Å². The van der Waals surface area contributed by atoms with Crippen LogP contribution in [-0.4, -0.2) is 54.9 Å². The summed E-state index contributed by atoms with van der Waals surface area (Å²) >= 11 is 6.10. The first-order valence-corrected chi connectivity index (χ1v) is 9.96. The third-order valence-corrected chi connectivity index (χ3v) is 5.23. The first kappa shape index (κ1) is 21.6. The van der Waals surface area contributed by atoms with E-state index in [4.69, 9.17) is 16.3 Å². The molecular formula is C22H24ClN3O4. The number of hydrogen-bond acceptors (Lipinski definition) is 4. The Morgan fingerprint density at radius 2 is 1.97 bits per heavy atom. The van der Waals surface area contributed by atoms with Crippen molar-refractivity contribution in [2.45, 2.75) is 13.0 Å². The van der Waals surface area contributed by atoms with Crippen LogP contribution in [0.25, 0.3) is 0 Å². The zero-order valence-electron chi connectivity index (χ0n) is 16.9. The highest BCUT2D eigenvalue weighted by Gasteiger charge is 2.35. The molecule has 3 rings (SSSR count). The standard InChI is InChI=1S/C22H24ClN3O4/c1-25(13-15-6-4-3-5-7-15)22(29)26-14-20(27)24-12-17(21(26)28)10-16-11-18(23)8-9-19(16)30-2/h3-9,11,17H,10,12-14H2,1-2H3,(H,24,27). The highest BCUT2D eigenvalue weighted by molar-refractivity contribution is 6.30. The second kappa shape index (κ2) is 9.63. The fourth-order valence-electron chi connectivity index (χ4n) is 3.45. The van der Waals surface area contributed by atoms with Crippen molar-refractivity contribution in [3.05, 3.63) is 64.7 Å². The number of hydrogen-bond donors (Lipinski definition) is 1. The van der Waals surface area contributed by atoms with Crippen molar-refractivity contribution in [1.29, 1.82) is 0 Å². The van der Waals surface area contributed by atoms with Gasteiger partial charge in [0.25, 0.3) is 0 Å². The van der Waals surface area contributed by atoms with Gasteiger partial charge in [-0.05, 0) is 35.7 Å². The molecule has 0 bridgehead atoms. The molecule has 8 heteroatoms. The largest absolute Gasteiger partial charge is 0.496 e. The molecule has 1 heterocycles. The van der Waals surface area contributed by atoms with Gasteiger partial charge in [-0.25, -0.2) is 4.79 Å². The Bertz CT molecular complexity index is 935. The lowest BCUT2D eigenvalue weighted by Gasteiger charge is -2.27. The number of halogens is 1. The van der Waals surface area contributed by atoms with Crippen LogP contribution < -0.4 is 10.1 Å². The molecule has 1 aliphatic rings. The van der Waals surface area contributed by atoms with Crippen molar-refractivity contribution in [3.63, 3.8) is 0 Å². The summed E-state index contributed by atoms with van der Waals surface area (Å²) < 4.78 is 5.36. The average Bonchev–Trinajstić information content (AvgIpc) is 2.87. The Morgan fingerprint density at radius 3 is 2.67 bits per heavy atom. The Hall–Kier alpha value is -3.06. The summed E-state index contributed by atoms with van der Waals surface area (Å²) in [6, 6.07) is 14.1. The van der Waals surface area contributed by atoms with E-state index in [0.29, 0.717) is 17.3 Å². The topological polar surface area (TPSA) is 79.0 Å².